The van der Waals surface area contributed by atoms with Crippen molar-refractivity contribution in [1.82, 2.24) is 14.9 Å². The number of carbonyl (C=O) groups is 1. The highest BCUT2D eigenvalue weighted by molar-refractivity contribution is 5.97. The van der Waals surface area contributed by atoms with E-state index in [1.165, 1.54) is 7.11 Å². The number of aryl methyl sites for hydroxylation is 1. The molecule has 0 bridgehead atoms. The molecular formula is C21H22N4O5. The number of rotatable bonds is 4. The lowest BCUT2D eigenvalue weighted by Crippen LogP contribution is -2.49. The van der Waals surface area contributed by atoms with Gasteiger partial charge in [0.15, 0.2) is 11.3 Å². The van der Waals surface area contributed by atoms with E-state index in [0.717, 1.165) is 5.82 Å². The molecule has 3 heterocycles. The maximum atomic E-state index is 13.0. The Morgan fingerprint density at radius 2 is 1.83 bits per heavy atom. The number of hydrogen-bond acceptors (Lipinski definition) is 8. The average molecular weight is 410 g/mol. The summed E-state index contributed by atoms with van der Waals surface area (Å²) >= 11 is 0. The molecule has 1 aliphatic heterocycles. The van der Waals surface area contributed by atoms with E-state index in [-0.39, 0.29) is 11.5 Å². The summed E-state index contributed by atoms with van der Waals surface area (Å²) in [6, 6.07) is 8.61. The second-order valence-electron chi connectivity index (χ2n) is 6.92. The molecule has 0 saturated carbocycles. The molecule has 9 nitrogen and oxygen atoms in total. The lowest BCUT2D eigenvalue weighted by atomic mass is 10.1. The molecule has 1 aromatic carbocycles. The monoisotopic (exact) mass is 410 g/mol. The smallest absolute Gasteiger partial charge is 0.349 e. The van der Waals surface area contributed by atoms with Crippen LogP contribution in [-0.4, -0.2) is 61.2 Å². The van der Waals surface area contributed by atoms with Crippen molar-refractivity contribution in [3.63, 3.8) is 0 Å². The minimum Gasteiger partial charge on any atom is -0.493 e. The summed E-state index contributed by atoms with van der Waals surface area (Å²) in [5.74, 6) is 1.98. The molecule has 9 heteroatoms. The van der Waals surface area contributed by atoms with Crippen molar-refractivity contribution in [2.45, 2.75) is 6.92 Å². The van der Waals surface area contributed by atoms with Crippen molar-refractivity contribution in [3.05, 3.63) is 52.1 Å². The Labute approximate surface area is 172 Å². The number of anilines is 1. The fraction of sp³-hybridized carbons (Fsp3) is 0.333. The van der Waals surface area contributed by atoms with Crippen molar-refractivity contribution < 1.29 is 18.7 Å². The van der Waals surface area contributed by atoms with Gasteiger partial charge >= 0.3 is 5.63 Å². The van der Waals surface area contributed by atoms with Gasteiger partial charge in [-0.1, -0.05) is 12.1 Å². The number of hydrogen-bond donors (Lipinski definition) is 0. The van der Waals surface area contributed by atoms with Crippen LogP contribution in [0.2, 0.25) is 0 Å². The molecule has 3 aromatic rings. The van der Waals surface area contributed by atoms with Crippen LogP contribution in [0.25, 0.3) is 11.0 Å². The molecule has 0 spiro atoms. The molecule has 1 aliphatic rings. The highest BCUT2D eigenvalue weighted by atomic mass is 16.5. The first-order valence-corrected chi connectivity index (χ1v) is 9.55. The highest BCUT2D eigenvalue weighted by Gasteiger charge is 2.26. The minimum atomic E-state index is -0.671. The van der Waals surface area contributed by atoms with Gasteiger partial charge in [-0.15, -0.1) is 0 Å². The van der Waals surface area contributed by atoms with E-state index in [9.17, 15) is 9.59 Å². The van der Waals surface area contributed by atoms with Crippen LogP contribution in [0.4, 0.5) is 5.82 Å². The topological polar surface area (TPSA) is 98.0 Å². The van der Waals surface area contributed by atoms with E-state index in [4.69, 9.17) is 13.9 Å². The Bertz CT molecular complexity index is 1150. The van der Waals surface area contributed by atoms with Gasteiger partial charge in [0.1, 0.15) is 17.2 Å². The number of aromatic nitrogens is 2. The highest BCUT2D eigenvalue weighted by Crippen LogP contribution is 2.25. The van der Waals surface area contributed by atoms with Gasteiger partial charge in [-0.2, -0.15) is 4.98 Å². The minimum absolute atomic E-state index is 0.0174. The molecule has 156 valence electrons. The van der Waals surface area contributed by atoms with E-state index < -0.39 is 5.63 Å². The third-order valence-corrected chi connectivity index (χ3v) is 5.08. The standard InChI is InChI=1S/C21H22N4O5/c1-13-22-17(12-18(23-13)29-3)24-7-9-25(10-8-24)20(26)15-11-14-5-4-6-16(28-2)19(14)30-21(15)27/h4-6,11-12H,7-10H2,1-3H3. The summed E-state index contributed by atoms with van der Waals surface area (Å²) in [5.41, 5.74) is -0.321. The molecule has 0 radical (unpaired) electrons. The van der Waals surface area contributed by atoms with E-state index in [0.29, 0.717) is 54.6 Å². The molecule has 0 aliphatic carbocycles. The Morgan fingerprint density at radius 3 is 2.53 bits per heavy atom. The average Bonchev–Trinajstić information content (AvgIpc) is 2.77. The maximum Gasteiger partial charge on any atom is 0.349 e. The number of nitrogens with zero attached hydrogens (tertiary/aromatic N) is 4. The van der Waals surface area contributed by atoms with Crippen LogP contribution in [0.1, 0.15) is 16.2 Å². The lowest BCUT2D eigenvalue weighted by Gasteiger charge is -2.35. The zero-order chi connectivity index (χ0) is 21.3. The fourth-order valence-electron chi connectivity index (χ4n) is 3.53. The summed E-state index contributed by atoms with van der Waals surface area (Å²) in [4.78, 5) is 37.8. The largest absolute Gasteiger partial charge is 0.493 e. The van der Waals surface area contributed by atoms with E-state index in [1.54, 1.807) is 49.3 Å². The third kappa shape index (κ3) is 3.66. The van der Waals surface area contributed by atoms with E-state index in [2.05, 4.69) is 14.9 Å². The van der Waals surface area contributed by atoms with Gasteiger partial charge in [0.05, 0.1) is 14.2 Å². The zero-order valence-electron chi connectivity index (χ0n) is 17.0. The first-order valence-electron chi connectivity index (χ1n) is 9.55. The molecule has 0 unspecified atom stereocenters. The number of carbonyl (C=O) groups excluding carboxylic acids is 1. The number of piperazine rings is 1. The summed E-state index contributed by atoms with van der Waals surface area (Å²) in [6.45, 7) is 3.88. The molecule has 4 rings (SSSR count). The molecule has 1 fully saturated rings. The number of methoxy groups -OCH3 is 2. The number of para-hydroxylation sites is 1. The Morgan fingerprint density at radius 1 is 1.07 bits per heavy atom. The second kappa shape index (κ2) is 8.02. The lowest BCUT2D eigenvalue weighted by molar-refractivity contribution is 0.0742. The molecule has 30 heavy (non-hydrogen) atoms. The van der Waals surface area contributed by atoms with Crippen LogP contribution < -0.4 is 20.0 Å². The normalized spacial score (nSPS) is 14.1. The molecule has 0 atom stereocenters. The fourth-order valence-corrected chi connectivity index (χ4v) is 3.53. The Hall–Kier alpha value is -3.62. The van der Waals surface area contributed by atoms with Crippen molar-refractivity contribution in [1.29, 1.82) is 0 Å². The third-order valence-electron chi connectivity index (χ3n) is 5.08. The predicted molar refractivity (Wildman–Crippen MR) is 110 cm³/mol. The summed E-state index contributed by atoms with van der Waals surface area (Å²) < 4.78 is 15.8. The van der Waals surface area contributed by atoms with Crippen LogP contribution in [0.3, 0.4) is 0 Å². The van der Waals surface area contributed by atoms with Crippen LogP contribution >= 0.6 is 0 Å². The molecule has 0 N–H and O–H groups in total. The van der Waals surface area contributed by atoms with Crippen molar-refractivity contribution in [2.24, 2.45) is 0 Å². The van der Waals surface area contributed by atoms with Gasteiger partial charge in [0, 0.05) is 37.6 Å². The predicted octanol–water partition coefficient (Wildman–Crippen LogP) is 1.87. The number of benzene rings is 1. The van der Waals surface area contributed by atoms with Gasteiger partial charge in [-0.3, -0.25) is 4.79 Å². The van der Waals surface area contributed by atoms with Crippen LogP contribution in [-0.2, 0) is 0 Å². The van der Waals surface area contributed by atoms with Crippen molar-refractivity contribution in [2.75, 3.05) is 45.3 Å². The van der Waals surface area contributed by atoms with Crippen LogP contribution in [0.5, 0.6) is 11.6 Å². The van der Waals surface area contributed by atoms with Crippen molar-refractivity contribution in [3.8, 4) is 11.6 Å². The second-order valence-corrected chi connectivity index (χ2v) is 6.92. The molecule has 2 aromatic heterocycles. The first kappa shape index (κ1) is 19.7. The molecule has 1 saturated heterocycles. The SMILES string of the molecule is COc1cc(N2CCN(C(=O)c3cc4cccc(OC)c4oc3=O)CC2)nc(C)n1. The van der Waals surface area contributed by atoms with E-state index in [1.807, 2.05) is 0 Å². The van der Waals surface area contributed by atoms with Crippen LogP contribution in [0, 0.1) is 6.92 Å². The molecule has 1 amide bonds. The van der Waals surface area contributed by atoms with E-state index >= 15 is 0 Å². The van der Waals surface area contributed by atoms with Gasteiger partial charge < -0.3 is 23.7 Å². The quantitative estimate of drug-likeness (QED) is 0.602. The number of ether oxygens (including phenoxy) is 2. The van der Waals surface area contributed by atoms with Gasteiger partial charge in [0.2, 0.25) is 5.88 Å². The summed E-state index contributed by atoms with van der Waals surface area (Å²) in [6.07, 6.45) is 0. The van der Waals surface area contributed by atoms with Crippen molar-refractivity contribution >= 4 is 22.7 Å². The number of amides is 1. The van der Waals surface area contributed by atoms with Gasteiger partial charge in [-0.05, 0) is 19.1 Å². The summed E-state index contributed by atoms with van der Waals surface area (Å²) in [5, 5.41) is 0.638. The first-order chi connectivity index (χ1) is 14.5. The maximum absolute atomic E-state index is 13.0. The van der Waals surface area contributed by atoms with Crippen LogP contribution in [0.15, 0.2) is 39.5 Å². The summed E-state index contributed by atoms with van der Waals surface area (Å²) in [7, 11) is 3.06. The Kier molecular flexibility index (Phi) is 5.26. The zero-order valence-corrected chi connectivity index (χ0v) is 17.0. The number of fused-ring (bicyclic) bond motifs is 1. The van der Waals surface area contributed by atoms with Gasteiger partial charge in [0.25, 0.3) is 5.91 Å². The Balaban J connectivity index is 1.53. The van der Waals surface area contributed by atoms with Gasteiger partial charge in [-0.25, -0.2) is 9.78 Å². The molecular weight excluding hydrogens is 388 g/mol.